The van der Waals surface area contributed by atoms with Crippen LogP contribution < -0.4 is 11.1 Å². The molecule has 0 saturated heterocycles. The number of rotatable bonds is 4. The average Bonchev–Trinajstić information content (AvgIpc) is 2.30. The van der Waals surface area contributed by atoms with Crippen molar-refractivity contribution in [2.24, 2.45) is 11.7 Å². The normalized spacial score (nSPS) is 14.2. The summed E-state index contributed by atoms with van der Waals surface area (Å²) in [5.74, 6) is 0.0446. The van der Waals surface area contributed by atoms with Crippen molar-refractivity contribution in [3.05, 3.63) is 28.2 Å². The van der Waals surface area contributed by atoms with Gasteiger partial charge >= 0.3 is 0 Å². The third-order valence-corrected chi connectivity index (χ3v) is 3.60. The fraction of sp³-hybridized carbons (Fsp3) is 0.462. The molecule has 4 heteroatoms. The molecule has 0 radical (unpaired) electrons. The first-order chi connectivity index (χ1) is 7.95. The molecule has 0 heterocycles. The highest BCUT2D eigenvalue weighted by atomic mass is 79.9. The zero-order valence-electron chi connectivity index (χ0n) is 10.5. The van der Waals surface area contributed by atoms with Crippen LogP contribution >= 0.6 is 15.9 Å². The third kappa shape index (κ3) is 3.82. The van der Waals surface area contributed by atoms with Crippen molar-refractivity contribution in [3.63, 3.8) is 0 Å². The molecule has 3 N–H and O–H groups in total. The van der Waals surface area contributed by atoms with Crippen LogP contribution in [-0.4, -0.2) is 11.9 Å². The van der Waals surface area contributed by atoms with Crippen LogP contribution in [0.1, 0.15) is 25.8 Å². The molecule has 0 aromatic heterocycles. The van der Waals surface area contributed by atoms with Crippen LogP contribution in [0.3, 0.4) is 0 Å². The van der Waals surface area contributed by atoms with Crippen LogP contribution in [0.2, 0.25) is 0 Å². The van der Waals surface area contributed by atoms with E-state index in [2.05, 4.69) is 21.2 Å². The number of nitrogens with two attached hydrogens (primary N) is 1. The van der Waals surface area contributed by atoms with E-state index in [-0.39, 0.29) is 11.8 Å². The van der Waals surface area contributed by atoms with Gasteiger partial charge in [0.05, 0.1) is 11.7 Å². The maximum atomic E-state index is 11.9. The van der Waals surface area contributed by atoms with E-state index in [1.54, 1.807) is 0 Å². The molecule has 0 bridgehead atoms. The first-order valence-electron chi connectivity index (χ1n) is 5.78. The predicted molar refractivity (Wildman–Crippen MR) is 74.9 cm³/mol. The fourth-order valence-corrected chi connectivity index (χ4v) is 2.04. The molecule has 94 valence electrons. The van der Waals surface area contributed by atoms with Gasteiger partial charge in [-0.15, -0.1) is 0 Å². The minimum atomic E-state index is -0.465. The van der Waals surface area contributed by atoms with Crippen LogP contribution in [0.25, 0.3) is 0 Å². The lowest BCUT2D eigenvalue weighted by Crippen LogP contribution is -2.40. The van der Waals surface area contributed by atoms with Gasteiger partial charge in [0, 0.05) is 4.47 Å². The summed E-state index contributed by atoms with van der Waals surface area (Å²) in [6.45, 7) is 6.01. The van der Waals surface area contributed by atoms with E-state index in [1.165, 1.54) is 0 Å². The van der Waals surface area contributed by atoms with Crippen molar-refractivity contribution < 1.29 is 4.79 Å². The number of halogens is 1. The van der Waals surface area contributed by atoms with Gasteiger partial charge in [-0.05, 0) is 46.5 Å². The van der Waals surface area contributed by atoms with E-state index in [9.17, 15) is 4.79 Å². The van der Waals surface area contributed by atoms with Gasteiger partial charge in [0.25, 0.3) is 0 Å². The van der Waals surface area contributed by atoms with Gasteiger partial charge in [-0.2, -0.15) is 0 Å². The number of anilines is 1. The van der Waals surface area contributed by atoms with Gasteiger partial charge in [-0.1, -0.05) is 26.3 Å². The Kier molecular flexibility index (Phi) is 5.15. The number of hydrogen-bond acceptors (Lipinski definition) is 2. The Bertz CT molecular complexity index is 406. The maximum Gasteiger partial charge on any atom is 0.241 e. The summed E-state index contributed by atoms with van der Waals surface area (Å²) >= 11 is 3.42. The molecule has 0 aliphatic rings. The van der Waals surface area contributed by atoms with E-state index in [1.807, 2.05) is 39.0 Å². The molecular formula is C13H19BrN2O. The molecule has 0 aliphatic carbocycles. The number of amides is 1. The largest absolute Gasteiger partial charge is 0.324 e. The third-order valence-electron chi connectivity index (χ3n) is 2.94. The number of benzene rings is 1. The quantitative estimate of drug-likeness (QED) is 0.897. The predicted octanol–water partition coefficient (Wildman–Crippen LogP) is 3.07. The van der Waals surface area contributed by atoms with E-state index < -0.39 is 6.04 Å². The SMILES string of the molecule is CC[C@H](C)[C@H](N)C(=O)Nc1ccc(C)cc1Br. The van der Waals surface area contributed by atoms with E-state index in [4.69, 9.17) is 5.73 Å². The van der Waals surface area contributed by atoms with Gasteiger partial charge in [0.2, 0.25) is 5.91 Å². The lowest BCUT2D eigenvalue weighted by atomic mass is 9.99. The second-order valence-corrected chi connectivity index (χ2v) is 5.24. The molecule has 0 spiro atoms. The van der Waals surface area contributed by atoms with Crippen molar-refractivity contribution in [1.29, 1.82) is 0 Å². The van der Waals surface area contributed by atoms with Gasteiger partial charge in [-0.25, -0.2) is 0 Å². The second kappa shape index (κ2) is 6.17. The van der Waals surface area contributed by atoms with Gasteiger partial charge in [0.1, 0.15) is 0 Å². The van der Waals surface area contributed by atoms with Crippen molar-refractivity contribution in [3.8, 4) is 0 Å². The monoisotopic (exact) mass is 298 g/mol. The molecule has 0 unspecified atom stereocenters. The summed E-state index contributed by atoms with van der Waals surface area (Å²) < 4.78 is 0.877. The Balaban J connectivity index is 2.74. The van der Waals surface area contributed by atoms with E-state index >= 15 is 0 Å². The molecule has 2 atom stereocenters. The molecule has 1 aromatic carbocycles. The van der Waals surface area contributed by atoms with Crippen LogP contribution in [0.4, 0.5) is 5.69 Å². The summed E-state index contributed by atoms with van der Waals surface area (Å²) in [5, 5.41) is 2.84. The average molecular weight is 299 g/mol. The molecule has 1 rings (SSSR count). The zero-order chi connectivity index (χ0) is 13.0. The molecule has 17 heavy (non-hydrogen) atoms. The standard InChI is InChI=1S/C13H19BrN2O/c1-4-9(3)12(15)13(17)16-11-6-5-8(2)7-10(11)14/h5-7,9,12H,4,15H2,1-3H3,(H,16,17)/t9-,12-/m0/s1. The second-order valence-electron chi connectivity index (χ2n) is 4.38. The van der Waals surface area contributed by atoms with E-state index in [0.29, 0.717) is 0 Å². The van der Waals surface area contributed by atoms with Crippen LogP contribution in [0, 0.1) is 12.8 Å². The Labute approximate surface area is 111 Å². The Hall–Kier alpha value is -0.870. The molecule has 1 aromatic rings. The van der Waals surface area contributed by atoms with E-state index in [0.717, 1.165) is 22.1 Å². The molecule has 0 aliphatic heterocycles. The van der Waals surface area contributed by atoms with Gasteiger partial charge in [0.15, 0.2) is 0 Å². The van der Waals surface area contributed by atoms with Crippen molar-refractivity contribution in [2.75, 3.05) is 5.32 Å². The number of aryl methyl sites for hydroxylation is 1. The zero-order valence-corrected chi connectivity index (χ0v) is 12.0. The van der Waals surface area contributed by atoms with Crippen LogP contribution in [0.5, 0.6) is 0 Å². The van der Waals surface area contributed by atoms with Gasteiger partial charge in [-0.3, -0.25) is 4.79 Å². The Morgan fingerprint density at radius 3 is 2.71 bits per heavy atom. The van der Waals surface area contributed by atoms with Crippen molar-refractivity contribution in [2.45, 2.75) is 33.2 Å². The summed E-state index contributed by atoms with van der Waals surface area (Å²) in [7, 11) is 0. The van der Waals surface area contributed by atoms with Crippen molar-refractivity contribution in [1.82, 2.24) is 0 Å². The first kappa shape index (κ1) is 14.2. The first-order valence-corrected chi connectivity index (χ1v) is 6.57. The van der Waals surface area contributed by atoms with Gasteiger partial charge < -0.3 is 11.1 Å². The number of carbonyl (C=O) groups is 1. The molecular weight excluding hydrogens is 280 g/mol. The minimum absolute atomic E-state index is 0.135. The lowest BCUT2D eigenvalue weighted by molar-refractivity contribution is -0.118. The number of nitrogens with one attached hydrogen (secondary N) is 1. The highest BCUT2D eigenvalue weighted by molar-refractivity contribution is 9.10. The Morgan fingerprint density at radius 1 is 1.53 bits per heavy atom. The highest BCUT2D eigenvalue weighted by Gasteiger charge is 2.19. The van der Waals surface area contributed by atoms with Crippen LogP contribution in [-0.2, 0) is 4.79 Å². The molecule has 0 fully saturated rings. The smallest absolute Gasteiger partial charge is 0.241 e. The molecule has 0 saturated carbocycles. The number of carbonyl (C=O) groups excluding carboxylic acids is 1. The highest BCUT2D eigenvalue weighted by Crippen LogP contribution is 2.23. The number of hydrogen-bond donors (Lipinski definition) is 2. The van der Waals surface area contributed by atoms with Crippen LogP contribution in [0.15, 0.2) is 22.7 Å². The summed E-state index contributed by atoms with van der Waals surface area (Å²) in [4.78, 5) is 11.9. The Morgan fingerprint density at radius 2 is 2.18 bits per heavy atom. The van der Waals surface area contributed by atoms with Crippen molar-refractivity contribution >= 4 is 27.5 Å². The fourth-order valence-electron chi connectivity index (χ4n) is 1.45. The summed E-state index contributed by atoms with van der Waals surface area (Å²) in [6, 6.07) is 5.33. The summed E-state index contributed by atoms with van der Waals surface area (Å²) in [6.07, 6.45) is 0.893. The summed E-state index contributed by atoms with van der Waals surface area (Å²) in [5.41, 5.74) is 7.77. The maximum absolute atomic E-state index is 11.9. The minimum Gasteiger partial charge on any atom is -0.324 e. The topological polar surface area (TPSA) is 55.1 Å². The lowest BCUT2D eigenvalue weighted by Gasteiger charge is -2.18. The molecule has 3 nitrogen and oxygen atoms in total. The molecule has 1 amide bonds.